The lowest BCUT2D eigenvalue weighted by atomic mass is 9.75. The maximum absolute atomic E-state index is 3.75. The second-order valence-electron chi connectivity index (χ2n) is 5.63. The van der Waals surface area contributed by atoms with Crippen molar-refractivity contribution in [2.75, 3.05) is 0 Å². The van der Waals surface area contributed by atoms with Gasteiger partial charge in [-0.3, -0.25) is 0 Å². The molecule has 18 heavy (non-hydrogen) atoms. The van der Waals surface area contributed by atoms with Crippen molar-refractivity contribution in [2.45, 2.75) is 64.0 Å². The summed E-state index contributed by atoms with van der Waals surface area (Å²) in [5.41, 5.74) is 1.50. The third kappa shape index (κ3) is 3.83. The molecule has 0 saturated heterocycles. The molecule has 1 unspecified atom stereocenters. The molecule has 1 saturated carbocycles. The number of unbranched alkanes of at least 4 members (excludes halogenated alkanes) is 1. The van der Waals surface area contributed by atoms with Gasteiger partial charge in [0.1, 0.15) is 0 Å². The van der Waals surface area contributed by atoms with E-state index < -0.39 is 0 Å². The van der Waals surface area contributed by atoms with Crippen LogP contribution in [-0.4, -0.2) is 12.1 Å². The average Bonchev–Trinajstić information content (AvgIpc) is 2.32. The van der Waals surface area contributed by atoms with Gasteiger partial charge in [-0.2, -0.15) is 0 Å². The van der Waals surface area contributed by atoms with Crippen LogP contribution in [0.1, 0.15) is 57.4 Å². The summed E-state index contributed by atoms with van der Waals surface area (Å²) in [5, 5.41) is 3.75. The fraction of sp³-hybridized carbons (Fsp3) is 0.625. The average molecular weight is 310 g/mol. The molecule has 0 spiro atoms. The molecule has 2 heteroatoms. The largest absolute Gasteiger partial charge is 0.311 e. The zero-order valence-electron chi connectivity index (χ0n) is 11.5. The molecule has 0 bridgehead atoms. The van der Waals surface area contributed by atoms with E-state index in [1.807, 2.05) is 0 Å². The molecule has 100 valence electrons. The molecule has 0 heterocycles. The van der Waals surface area contributed by atoms with Crippen molar-refractivity contribution in [3.8, 4) is 0 Å². The lowest BCUT2D eigenvalue weighted by Crippen LogP contribution is -2.44. The molecule has 1 N–H and O–H groups in total. The summed E-state index contributed by atoms with van der Waals surface area (Å²) < 4.78 is 1.17. The van der Waals surface area contributed by atoms with Crippen molar-refractivity contribution in [1.82, 2.24) is 5.32 Å². The van der Waals surface area contributed by atoms with Crippen molar-refractivity contribution < 1.29 is 0 Å². The fourth-order valence-corrected chi connectivity index (χ4v) is 3.02. The summed E-state index contributed by atoms with van der Waals surface area (Å²) in [6, 6.07) is 10.2. The maximum atomic E-state index is 3.75. The topological polar surface area (TPSA) is 12.0 Å². The number of halogens is 1. The molecule has 1 fully saturated rings. The summed E-state index contributed by atoms with van der Waals surface area (Å²) >= 11 is 3.49. The summed E-state index contributed by atoms with van der Waals surface area (Å²) in [6.45, 7) is 4.59. The number of rotatable bonds is 6. The normalized spacial score (nSPS) is 24.6. The van der Waals surface area contributed by atoms with Crippen molar-refractivity contribution in [1.29, 1.82) is 0 Å². The molecule has 0 aliphatic heterocycles. The van der Waals surface area contributed by atoms with Gasteiger partial charge in [0.25, 0.3) is 0 Å². The third-order valence-electron chi connectivity index (χ3n) is 3.99. The van der Waals surface area contributed by atoms with E-state index in [0.717, 1.165) is 12.0 Å². The van der Waals surface area contributed by atoms with Crippen LogP contribution in [0.5, 0.6) is 0 Å². The van der Waals surface area contributed by atoms with Crippen LogP contribution >= 0.6 is 15.9 Å². The molecule has 0 aromatic heterocycles. The number of nitrogens with one attached hydrogen (secondary N) is 1. The second kappa shape index (κ2) is 6.72. The van der Waals surface area contributed by atoms with Crippen LogP contribution in [0.25, 0.3) is 0 Å². The molecule has 1 aromatic rings. The summed E-state index contributed by atoms with van der Waals surface area (Å²) in [4.78, 5) is 0. The summed E-state index contributed by atoms with van der Waals surface area (Å²) in [6.07, 6.45) is 6.57. The molecule has 1 aliphatic carbocycles. The van der Waals surface area contributed by atoms with Gasteiger partial charge >= 0.3 is 0 Å². The summed E-state index contributed by atoms with van der Waals surface area (Å²) in [7, 11) is 0. The Morgan fingerprint density at radius 3 is 2.56 bits per heavy atom. The predicted molar refractivity (Wildman–Crippen MR) is 82.0 cm³/mol. The van der Waals surface area contributed by atoms with E-state index in [1.54, 1.807) is 0 Å². The maximum Gasteiger partial charge on any atom is 0.0175 e. The molecular formula is C16H24BrN. The van der Waals surface area contributed by atoms with E-state index in [4.69, 9.17) is 0 Å². The van der Waals surface area contributed by atoms with Crippen molar-refractivity contribution in [3.05, 3.63) is 34.3 Å². The Labute approximate surface area is 119 Å². The minimum Gasteiger partial charge on any atom is -0.311 e. The van der Waals surface area contributed by atoms with Crippen LogP contribution in [0.15, 0.2) is 28.7 Å². The standard InChI is InChI=1S/C16H24BrN/c1-3-4-5-12(2)18-16-10-14(11-16)13-6-8-15(17)9-7-13/h6-9,12,14,16,18H,3-5,10-11H2,1-2H3. The van der Waals surface area contributed by atoms with Gasteiger partial charge in [0.2, 0.25) is 0 Å². The van der Waals surface area contributed by atoms with Crippen LogP contribution in [-0.2, 0) is 0 Å². The van der Waals surface area contributed by atoms with Gasteiger partial charge in [0.15, 0.2) is 0 Å². The fourth-order valence-electron chi connectivity index (χ4n) is 2.76. The first-order chi connectivity index (χ1) is 8.69. The Morgan fingerprint density at radius 1 is 1.28 bits per heavy atom. The zero-order valence-corrected chi connectivity index (χ0v) is 13.0. The SMILES string of the molecule is CCCCC(C)NC1CC(c2ccc(Br)cc2)C1. The smallest absolute Gasteiger partial charge is 0.0175 e. The Bertz CT molecular complexity index is 354. The minimum absolute atomic E-state index is 0.681. The predicted octanol–water partition coefficient (Wildman–Crippen LogP) is 4.86. The van der Waals surface area contributed by atoms with Gasteiger partial charge in [0.05, 0.1) is 0 Å². The summed E-state index contributed by atoms with van der Waals surface area (Å²) in [5.74, 6) is 0.772. The number of benzene rings is 1. The quantitative estimate of drug-likeness (QED) is 0.791. The third-order valence-corrected chi connectivity index (χ3v) is 4.52. The van der Waals surface area contributed by atoms with Crippen LogP contribution in [0.2, 0.25) is 0 Å². The van der Waals surface area contributed by atoms with Gasteiger partial charge < -0.3 is 5.32 Å². The molecule has 1 aromatic carbocycles. The Balaban J connectivity index is 1.72. The first-order valence-corrected chi connectivity index (χ1v) is 8.00. The second-order valence-corrected chi connectivity index (χ2v) is 6.54. The van der Waals surface area contributed by atoms with Gasteiger partial charge in [-0.05, 0) is 49.8 Å². The molecule has 1 nitrogen and oxygen atoms in total. The van der Waals surface area contributed by atoms with Crippen molar-refractivity contribution in [2.24, 2.45) is 0 Å². The molecule has 1 aliphatic rings. The van der Waals surface area contributed by atoms with E-state index in [2.05, 4.69) is 59.4 Å². The van der Waals surface area contributed by atoms with Crippen LogP contribution in [0.3, 0.4) is 0 Å². The Hall–Kier alpha value is -0.340. The minimum atomic E-state index is 0.681. The van der Waals surface area contributed by atoms with Crippen molar-refractivity contribution in [3.63, 3.8) is 0 Å². The molecule has 2 rings (SSSR count). The molecule has 0 radical (unpaired) electrons. The van der Waals surface area contributed by atoms with E-state index in [-0.39, 0.29) is 0 Å². The van der Waals surface area contributed by atoms with Crippen LogP contribution in [0, 0.1) is 0 Å². The zero-order chi connectivity index (χ0) is 13.0. The highest BCUT2D eigenvalue weighted by atomic mass is 79.9. The highest BCUT2D eigenvalue weighted by molar-refractivity contribution is 9.10. The highest BCUT2D eigenvalue weighted by Crippen LogP contribution is 2.37. The van der Waals surface area contributed by atoms with E-state index in [1.165, 1.54) is 42.1 Å². The Morgan fingerprint density at radius 2 is 1.94 bits per heavy atom. The molecular weight excluding hydrogens is 286 g/mol. The molecule has 1 atom stereocenters. The number of hydrogen-bond acceptors (Lipinski definition) is 1. The van der Waals surface area contributed by atoms with E-state index >= 15 is 0 Å². The van der Waals surface area contributed by atoms with Crippen molar-refractivity contribution >= 4 is 15.9 Å². The van der Waals surface area contributed by atoms with Crippen LogP contribution in [0.4, 0.5) is 0 Å². The molecule has 0 amide bonds. The van der Waals surface area contributed by atoms with E-state index in [9.17, 15) is 0 Å². The lowest BCUT2D eigenvalue weighted by Gasteiger charge is -2.38. The van der Waals surface area contributed by atoms with Gasteiger partial charge in [-0.1, -0.05) is 47.8 Å². The first kappa shape index (κ1) is 14.1. The highest BCUT2D eigenvalue weighted by Gasteiger charge is 2.30. The number of hydrogen-bond donors (Lipinski definition) is 1. The Kier molecular flexibility index (Phi) is 5.25. The van der Waals surface area contributed by atoms with Gasteiger partial charge in [0, 0.05) is 16.6 Å². The first-order valence-electron chi connectivity index (χ1n) is 7.20. The monoisotopic (exact) mass is 309 g/mol. The van der Waals surface area contributed by atoms with E-state index in [0.29, 0.717) is 6.04 Å². The van der Waals surface area contributed by atoms with Crippen LogP contribution < -0.4 is 5.32 Å². The lowest BCUT2D eigenvalue weighted by molar-refractivity contribution is 0.263. The van der Waals surface area contributed by atoms with Gasteiger partial charge in [-0.25, -0.2) is 0 Å². The van der Waals surface area contributed by atoms with Gasteiger partial charge in [-0.15, -0.1) is 0 Å².